The second kappa shape index (κ2) is 4.98. The smallest absolute Gasteiger partial charge is 0.307 e. The highest BCUT2D eigenvalue weighted by Crippen LogP contribution is 2.37. The number of rotatable bonds is 3. The zero-order chi connectivity index (χ0) is 12.4. The summed E-state index contributed by atoms with van der Waals surface area (Å²) in [5.41, 5.74) is 0.987. The van der Waals surface area contributed by atoms with E-state index in [4.69, 9.17) is 5.11 Å². The summed E-state index contributed by atoms with van der Waals surface area (Å²) in [6, 6.07) is 5.40. The van der Waals surface area contributed by atoms with Gasteiger partial charge in [-0.1, -0.05) is 12.1 Å². The fourth-order valence-electron chi connectivity index (χ4n) is 2.20. The SMILES string of the molecule is CSc1c(O)cccc1C1CC(C(=O)O)CN1. The highest BCUT2D eigenvalue weighted by Gasteiger charge is 2.31. The molecule has 0 saturated carbocycles. The molecule has 1 aromatic carbocycles. The van der Waals surface area contributed by atoms with Crippen LogP contribution in [-0.2, 0) is 4.79 Å². The lowest BCUT2D eigenvalue weighted by Crippen LogP contribution is -2.17. The number of benzene rings is 1. The van der Waals surface area contributed by atoms with E-state index in [2.05, 4.69) is 5.32 Å². The normalized spacial score (nSPS) is 23.8. The van der Waals surface area contributed by atoms with Crippen molar-refractivity contribution >= 4 is 17.7 Å². The number of nitrogens with one attached hydrogen (secondary N) is 1. The van der Waals surface area contributed by atoms with Crippen LogP contribution in [0.25, 0.3) is 0 Å². The number of hydrogen-bond acceptors (Lipinski definition) is 4. The van der Waals surface area contributed by atoms with Crippen molar-refractivity contribution in [1.29, 1.82) is 0 Å². The summed E-state index contributed by atoms with van der Waals surface area (Å²) in [4.78, 5) is 11.7. The van der Waals surface area contributed by atoms with E-state index in [-0.39, 0.29) is 17.7 Å². The van der Waals surface area contributed by atoms with E-state index >= 15 is 0 Å². The number of carbonyl (C=O) groups is 1. The van der Waals surface area contributed by atoms with E-state index in [1.165, 1.54) is 11.8 Å². The highest BCUT2D eigenvalue weighted by molar-refractivity contribution is 7.98. The summed E-state index contributed by atoms with van der Waals surface area (Å²) in [5, 5.41) is 21.9. The quantitative estimate of drug-likeness (QED) is 0.717. The molecule has 1 saturated heterocycles. The first kappa shape index (κ1) is 12.3. The number of carboxylic acids is 1. The van der Waals surface area contributed by atoms with Gasteiger partial charge in [0.25, 0.3) is 0 Å². The molecular weight excluding hydrogens is 238 g/mol. The first-order chi connectivity index (χ1) is 8.13. The highest BCUT2D eigenvalue weighted by atomic mass is 32.2. The Kier molecular flexibility index (Phi) is 3.59. The summed E-state index contributed by atoms with van der Waals surface area (Å²) in [6.45, 7) is 0.490. The third-order valence-corrected chi connectivity index (χ3v) is 3.94. The van der Waals surface area contributed by atoms with Crippen LogP contribution in [0, 0.1) is 5.92 Å². The minimum atomic E-state index is -0.758. The molecule has 2 rings (SSSR count). The van der Waals surface area contributed by atoms with Gasteiger partial charge in [-0.25, -0.2) is 0 Å². The lowest BCUT2D eigenvalue weighted by atomic mass is 10.00. The van der Waals surface area contributed by atoms with Crippen molar-refractivity contribution in [3.63, 3.8) is 0 Å². The molecule has 0 spiro atoms. The number of aliphatic carboxylic acids is 1. The summed E-state index contributed by atoms with van der Waals surface area (Å²) in [6.07, 6.45) is 2.48. The molecule has 1 heterocycles. The van der Waals surface area contributed by atoms with E-state index in [1.54, 1.807) is 12.1 Å². The Morgan fingerprint density at radius 3 is 2.88 bits per heavy atom. The Morgan fingerprint density at radius 1 is 1.53 bits per heavy atom. The van der Waals surface area contributed by atoms with Crippen molar-refractivity contribution in [2.75, 3.05) is 12.8 Å². The van der Waals surface area contributed by atoms with E-state index in [0.29, 0.717) is 13.0 Å². The molecule has 0 amide bonds. The van der Waals surface area contributed by atoms with Gasteiger partial charge in [0.2, 0.25) is 0 Å². The second-order valence-electron chi connectivity index (χ2n) is 4.13. The molecule has 92 valence electrons. The molecule has 0 aromatic heterocycles. The maximum atomic E-state index is 10.9. The summed E-state index contributed by atoms with van der Waals surface area (Å²) < 4.78 is 0. The van der Waals surface area contributed by atoms with Crippen LogP contribution >= 0.6 is 11.8 Å². The largest absolute Gasteiger partial charge is 0.507 e. The van der Waals surface area contributed by atoms with E-state index < -0.39 is 5.97 Å². The average molecular weight is 253 g/mol. The molecule has 1 aromatic rings. The molecule has 3 N–H and O–H groups in total. The van der Waals surface area contributed by atoms with Gasteiger partial charge in [0.05, 0.1) is 10.8 Å². The van der Waals surface area contributed by atoms with Crippen LogP contribution in [0.5, 0.6) is 5.75 Å². The fourth-order valence-corrected chi connectivity index (χ4v) is 2.92. The van der Waals surface area contributed by atoms with Crippen LogP contribution in [-0.4, -0.2) is 29.0 Å². The lowest BCUT2D eigenvalue weighted by molar-refractivity contribution is -0.141. The number of carboxylic acid groups (broad SMARTS) is 1. The predicted molar refractivity (Wildman–Crippen MR) is 66.4 cm³/mol. The Morgan fingerprint density at radius 2 is 2.29 bits per heavy atom. The Hall–Kier alpha value is -1.20. The topological polar surface area (TPSA) is 69.6 Å². The van der Waals surface area contributed by atoms with Crippen LogP contribution < -0.4 is 5.32 Å². The van der Waals surface area contributed by atoms with Crippen molar-refractivity contribution in [2.45, 2.75) is 17.4 Å². The van der Waals surface area contributed by atoms with Crippen molar-refractivity contribution in [1.82, 2.24) is 5.32 Å². The average Bonchev–Trinajstić information content (AvgIpc) is 2.77. The summed E-state index contributed by atoms with van der Waals surface area (Å²) in [5.74, 6) is -0.835. The molecule has 2 unspecified atom stereocenters. The molecule has 0 aliphatic carbocycles. The number of thioether (sulfide) groups is 1. The monoisotopic (exact) mass is 253 g/mol. The van der Waals surface area contributed by atoms with Gasteiger partial charge in [0.1, 0.15) is 5.75 Å². The minimum absolute atomic E-state index is 0.0191. The van der Waals surface area contributed by atoms with Crippen LogP contribution in [0.4, 0.5) is 0 Å². The molecule has 5 heteroatoms. The van der Waals surface area contributed by atoms with Crippen molar-refractivity contribution in [3.05, 3.63) is 23.8 Å². The molecular formula is C12H15NO3S. The molecule has 4 nitrogen and oxygen atoms in total. The zero-order valence-corrected chi connectivity index (χ0v) is 10.3. The first-order valence-corrected chi connectivity index (χ1v) is 6.68. The van der Waals surface area contributed by atoms with Gasteiger partial charge in [0.15, 0.2) is 0 Å². The number of hydrogen-bond donors (Lipinski definition) is 3. The van der Waals surface area contributed by atoms with Gasteiger partial charge in [-0.05, 0) is 24.3 Å². The third-order valence-electron chi connectivity index (χ3n) is 3.08. The summed E-state index contributed by atoms with van der Waals surface area (Å²) >= 11 is 1.48. The van der Waals surface area contributed by atoms with Gasteiger partial charge in [0, 0.05) is 12.6 Å². The van der Waals surface area contributed by atoms with Gasteiger partial charge >= 0.3 is 5.97 Å². The van der Waals surface area contributed by atoms with E-state index in [1.807, 2.05) is 12.3 Å². The van der Waals surface area contributed by atoms with Crippen molar-refractivity contribution in [2.24, 2.45) is 5.92 Å². The van der Waals surface area contributed by atoms with Crippen LogP contribution in [0.2, 0.25) is 0 Å². The maximum Gasteiger partial charge on any atom is 0.307 e. The van der Waals surface area contributed by atoms with Gasteiger partial charge in [-0.15, -0.1) is 11.8 Å². The molecule has 1 fully saturated rings. The van der Waals surface area contributed by atoms with Crippen LogP contribution in [0.1, 0.15) is 18.0 Å². The van der Waals surface area contributed by atoms with Gasteiger partial charge in [-0.2, -0.15) is 0 Å². The molecule has 17 heavy (non-hydrogen) atoms. The number of aromatic hydroxyl groups is 1. The second-order valence-corrected chi connectivity index (χ2v) is 4.95. The van der Waals surface area contributed by atoms with Crippen molar-refractivity contribution in [3.8, 4) is 5.75 Å². The van der Waals surface area contributed by atoms with Crippen LogP contribution in [0.15, 0.2) is 23.1 Å². The third kappa shape index (κ3) is 2.40. The zero-order valence-electron chi connectivity index (χ0n) is 9.51. The molecule has 1 aliphatic heterocycles. The fraction of sp³-hybridized carbons (Fsp3) is 0.417. The van der Waals surface area contributed by atoms with Gasteiger partial charge in [-0.3, -0.25) is 4.79 Å². The predicted octanol–water partition coefficient (Wildman–Crippen LogP) is 1.85. The Labute approximate surface area is 104 Å². The Balaban J connectivity index is 2.24. The molecule has 1 aliphatic rings. The maximum absolute atomic E-state index is 10.9. The van der Waals surface area contributed by atoms with Crippen molar-refractivity contribution < 1.29 is 15.0 Å². The number of phenolic OH excluding ortho intramolecular Hbond substituents is 1. The molecule has 2 atom stereocenters. The molecule has 0 bridgehead atoms. The van der Waals surface area contributed by atoms with E-state index in [0.717, 1.165) is 10.5 Å². The first-order valence-electron chi connectivity index (χ1n) is 5.45. The summed E-state index contributed by atoms with van der Waals surface area (Å²) in [7, 11) is 0. The standard InChI is InChI=1S/C12H15NO3S/c1-17-11-8(3-2-4-10(11)14)9-5-7(6-13-9)12(15)16/h2-4,7,9,13-14H,5-6H2,1H3,(H,15,16). The minimum Gasteiger partial charge on any atom is -0.507 e. The molecule has 0 radical (unpaired) electrons. The number of phenols is 1. The van der Waals surface area contributed by atoms with E-state index in [9.17, 15) is 9.90 Å². The Bertz CT molecular complexity index is 436. The lowest BCUT2D eigenvalue weighted by Gasteiger charge is -2.15. The van der Waals surface area contributed by atoms with Crippen LogP contribution in [0.3, 0.4) is 0 Å². The van der Waals surface area contributed by atoms with Gasteiger partial charge < -0.3 is 15.5 Å².